The maximum atomic E-state index is 11.3. The van der Waals surface area contributed by atoms with Gasteiger partial charge >= 0.3 is 5.97 Å². The first kappa shape index (κ1) is 13.6. The Hall–Kier alpha value is -1.82. The monoisotopic (exact) mass is 324 g/mol. The summed E-state index contributed by atoms with van der Waals surface area (Å²) in [6, 6.07) is 5.59. The Morgan fingerprint density at radius 2 is 2.26 bits per heavy atom. The topological polar surface area (TPSA) is 69.6 Å². The van der Waals surface area contributed by atoms with Crippen molar-refractivity contribution in [2.45, 2.75) is 0 Å². The average Bonchev–Trinajstić information content (AvgIpc) is 2.37. The van der Waals surface area contributed by atoms with E-state index in [9.17, 15) is 9.59 Å². The van der Waals surface area contributed by atoms with Gasteiger partial charge < -0.3 is 15.3 Å². The molecule has 1 heterocycles. The second-order valence-electron chi connectivity index (χ2n) is 4.15. The summed E-state index contributed by atoms with van der Waals surface area (Å²) in [6.07, 6.45) is 2.62. The summed E-state index contributed by atoms with van der Waals surface area (Å²) in [7, 11) is 0. The fraction of sp³-hybridized carbons (Fsp3) is 0.231. The van der Waals surface area contributed by atoms with E-state index in [1.54, 1.807) is 0 Å². The number of amides is 1. The molecule has 0 radical (unpaired) electrons. The van der Waals surface area contributed by atoms with E-state index in [-0.39, 0.29) is 5.91 Å². The Morgan fingerprint density at radius 1 is 1.47 bits per heavy atom. The van der Waals surface area contributed by atoms with Crippen LogP contribution in [-0.2, 0) is 9.59 Å². The summed E-state index contributed by atoms with van der Waals surface area (Å²) >= 11 is 3.41. The average molecular weight is 325 g/mol. The van der Waals surface area contributed by atoms with Crippen LogP contribution >= 0.6 is 15.9 Å². The lowest BCUT2D eigenvalue weighted by molar-refractivity contribution is -0.131. The number of halogens is 1. The molecule has 19 heavy (non-hydrogen) atoms. The minimum absolute atomic E-state index is 0.0113. The van der Waals surface area contributed by atoms with Crippen molar-refractivity contribution in [3.63, 3.8) is 0 Å². The van der Waals surface area contributed by atoms with Gasteiger partial charge in [0, 0.05) is 29.3 Å². The molecule has 1 aliphatic heterocycles. The van der Waals surface area contributed by atoms with Gasteiger partial charge in [-0.25, -0.2) is 4.79 Å². The number of anilines is 1. The third-order valence-corrected chi connectivity index (χ3v) is 3.48. The van der Waals surface area contributed by atoms with E-state index in [4.69, 9.17) is 5.11 Å². The van der Waals surface area contributed by atoms with Gasteiger partial charge in [-0.1, -0.05) is 22.0 Å². The lowest BCUT2D eigenvalue weighted by Crippen LogP contribution is -2.47. The lowest BCUT2D eigenvalue weighted by Gasteiger charge is -2.28. The standard InChI is InChI=1S/C13H13BrN2O3/c14-11-7-10(16-6-5-15-12(17)8-16)3-1-9(11)2-4-13(18)19/h1-4,7H,5-6,8H2,(H,15,17)(H,18,19)/b4-2+. The third-order valence-electron chi connectivity index (χ3n) is 2.79. The SMILES string of the molecule is O=C(O)/C=C/c1ccc(N2CCNC(=O)C2)cc1Br. The number of benzene rings is 1. The van der Waals surface area contributed by atoms with Crippen LogP contribution < -0.4 is 10.2 Å². The minimum Gasteiger partial charge on any atom is -0.478 e. The van der Waals surface area contributed by atoms with E-state index in [1.807, 2.05) is 23.1 Å². The highest BCUT2D eigenvalue weighted by Gasteiger charge is 2.16. The van der Waals surface area contributed by atoms with Crippen LogP contribution in [0, 0.1) is 0 Å². The Balaban J connectivity index is 2.18. The molecule has 2 rings (SSSR count). The van der Waals surface area contributed by atoms with Gasteiger partial charge in [-0.15, -0.1) is 0 Å². The van der Waals surface area contributed by atoms with Crippen LogP contribution in [0.1, 0.15) is 5.56 Å². The molecule has 1 saturated heterocycles. The predicted octanol–water partition coefficient (Wildman–Crippen LogP) is 1.48. The minimum atomic E-state index is -0.983. The number of rotatable bonds is 3. The Morgan fingerprint density at radius 3 is 2.89 bits per heavy atom. The van der Waals surface area contributed by atoms with Crippen LogP contribution in [0.15, 0.2) is 28.7 Å². The summed E-state index contributed by atoms with van der Waals surface area (Å²) < 4.78 is 0.800. The van der Waals surface area contributed by atoms with Gasteiger partial charge in [0.15, 0.2) is 0 Å². The van der Waals surface area contributed by atoms with Crippen LogP contribution in [0.4, 0.5) is 5.69 Å². The molecule has 1 aromatic rings. The zero-order valence-corrected chi connectivity index (χ0v) is 11.7. The predicted molar refractivity (Wildman–Crippen MR) is 76.0 cm³/mol. The van der Waals surface area contributed by atoms with Crippen LogP contribution in [0.5, 0.6) is 0 Å². The molecule has 0 unspecified atom stereocenters. The van der Waals surface area contributed by atoms with Crippen molar-refractivity contribution in [2.24, 2.45) is 0 Å². The van der Waals surface area contributed by atoms with Gasteiger partial charge in [-0.2, -0.15) is 0 Å². The number of nitrogens with zero attached hydrogens (tertiary/aromatic N) is 1. The first-order valence-corrected chi connectivity index (χ1v) is 6.58. The van der Waals surface area contributed by atoms with Gasteiger partial charge in [0.25, 0.3) is 0 Å². The molecular formula is C13H13BrN2O3. The summed E-state index contributed by atoms with van der Waals surface area (Å²) in [5, 5.41) is 11.4. The maximum absolute atomic E-state index is 11.3. The number of carbonyl (C=O) groups is 2. The van der Waals surface area contributed by atoms with Crippen LogP contribution in [0.25, 0.3) is 6.08 Å². The van der Waals surface area contributed by atoms with Crippen molar-refractivity contribution >= 4 is 39.6 Å². The van der Waals surface area contributed by atoms with Crippen molar-refractivity contribution in [3.05, 3.63) is 34.3 Å². The molecule has 5 nitrogen and oxygen atoms in total. The number of hydrogen-bond donors (Lipinski definition) is 2. The molecule has 0 saturated carbocycles. The molecule has 2 N–H and O–H groups in total. The van der Waals surface area contributed by atoms with E-state index in [1.165, 1.54) is 6.08 Å². The Bertz CT molecular complexity index is 543. The molecule has 100 valence electrons. The van der Waals surface area contributed by atoms with Crippen molar-refractivity contribution in [1.82, 2.24) is 5.32 Å². The highest BCUT2D eigenvalue weighted by molar-refractivity contribution is 9.10. The second kappa shape index (κ2) is 5.88. The number of hydrogen-bond acceptors (Lipinski definition) is 3. The van der Waals surface area contributed by atoms with Crippen molar-refractivity contribution < 1.29 is 14.7 Å². The zero-order chi connectivity index (χ0) is 13.8. The van der Waals surface area contributed by atoms with Crippen LogP contribution in [0.2, 0.25) is 0 Å². The molecule has 1 aliphatic rings. The highest BCUT2D eigenvalue weighted by Crippen LogP contribution is 2.25. The number of piperazine rings is 1. The molecule has 0 atom stereocenters. The van der Waals surface area contributed by atoms with E-state index in [0.717, 1.165) is 28.3 Å². The fourth-order valence-corrected chi connectivity index (χ4v) is 2.37. The van der Waals surface area contributed by atoms with Crippen LogP contribution in [-0.4, -0.2) is 36.6 Å². The third kappa shape index (κ3) is 3.57. The molecule has 6 heteroatoms. The van der Waals surface area contributed by atoms with Gasteiger partial charge in [0.2, 0.25) is 5.91 Å². The quantitative estimate of drug-likeness (QED) is 0.826. The van der Waals surface area contributed by atoms with Crippen molar-refractivity contribution in [2.75, 3.05) is 24.5 Å². The highest BCUT2D eigenvalue weighted by atomic mass is 79.9. The molecule has 1 fully saturated rings. The first-order chi connectivity index (χ1) is 9.06. The molecule has 0 bridgehead atoms. The second-order valence-corrected chi connectivity index (χ2v) is 5.00. The molecule has 1 amide bonds. The molecule has 0 spiro atoms. The Kier molecular flexibility index (Phi) is 4.21. The summed E-state index contributed by atoms with van der Waals surface area (Å²) in [4.78, 5) is 23.8. The van der Waals surface area contributed by atoms with E-state index < -0.39 is 5.97 Å². The summed E-state index contributed by atoms with van der Waals surface area (Å²) in [5.41, 5.74) is 1.72. The summed E-state index contributed by atoms with van der Waals surface area (Å²) in [5.74, 6) is -0.971. The fourth-order valence-electron chi connectivity index (χ4n) is 1.87. The van der Waals surface area contributed by atoms with Gasteiger partial charge in [0.1, 0.15) is 0 Å². The smallest absolute Gasteiger partial charge is 0.328 e. The van der Waals surface area contributed by atoms with Crippen LogP contribution in [0.3, 0.4) is 0 Å². The van der Waals surface area contributed by atoms with Crippen molar-refractivity contribution in [1.29, 1.82) is 0 Å². The normalized spacial score (nSPS) is 15.6. The number of carboxylic acid groups (broad SMARTS) is 1. The zero-order valence-electron chi connectivity index (χ0n) is 10.1. The number of carboxylic acids is 1. The molecule has 1 aromatic carbocycles. The van der Waals surface area contributed by atoms with Gasteiger partial charge in [0.05, 0.1) is 6.54 Å². The van der Waals surface area contributed by atoms with Gasteiger partial charge in [-0.05, 0) is 23.8 Å². The molecule has 0 aromatic heterocycles. The maximum Gasteiger partial charge on any atom is 0.328 e. The molecule has 0 aliphatic carbocycles. The van der Waals surface area contributed by atoms with Gasteiger partial charge in [-0.3, -0.25) is 4.79 Å². The number of aliphatic carboxylic acids is 1. The van der Waals surface area contributed by atoms with Crippen molar-refractivity contribution in [3.8, 4) is 0 Å². The van der Waals surface area contributed by atoms with E-state index in [0.29, 0.717) is 13.1 Å². The summed E-state index contributed by atoms with van der Waals surface area (Å²) in [6.45, 7) is 1.75. The molecular weight excluding hydrogens is 312 g/mol. The largest absolute Gasteiger partial charge is 0.478 e. The first-order valence-electron chi connectivity index (χ1n) is 5.78. The number of nitrogens with one attached hydrogen (secondary N) is 1. The lowest BCUT2D eigenvalue weighted by atomic mass is 10.1. The van der Waals surface area contributed by atoms with E-state index >= 15 is 0 Å². The number of carbonyl (C=O) groups excluding carboxylic acids is 1. The Labute approximate surface area is 119 Å². The van der Waals surface area contributed by atoms with E-state index in [2.05, 4.69) is 21.2 Å².